The minimum atomic E-state index is -0.300. The van der Waals surface area contributed by atoms with Crippen LogP contribution in [0, 0.1) is 6.92 Å². The monoisotopic (exact) mass is 311 g/mol. The second-order valence-electron chi connectivity index (χ2n) is 5.56. The number of benzene rings is 1. The SMILES string of the molecule is Cc1ccc(C(C)C)c(OCC(=O)N/N=C\c2ccncc2)c1. The van der Waals surface area contributed by atoms with Gasteiger partial charge in [-0.3, -0.25) is 9.78 Å². The van der Waals surface area contributed by atoms with Gasteiger partial charge >= 0.3 is 0 Å². The molecule has 0 saturated heterocycles. The first-order valence-electron chi connectivity index (χ1n) is 7.51. The molecule has 5 heteroatoms. The lowest BCUT2D eigenvalue weighted by Gasteiger charge is -2.14. The van der Waals surface area contributed by atoms with Crippen LogP contribution in [0.5, 0.6) is 5.75 Å². The molecule has 1 N–H and O–H groups in total. The summed E-state index contributed by atoms with van der Waals surface area (Å²) in [6.07, 6.45) is 4.89. The Balaban J connectivity index is 1.90. The average Bonchev–Trinajstić information content (AvgIpc) is 2.53. The van der Waals surface area contributed by atoms with Crippen LogP contribution in [0.15, 0.2) is 47.8 Å². The summed E-state index contributed by atoms with van der Waals surface area (Å²) in [6.45, 7) is 6.11. The van der Waals surface area contributed by atoms with E-state index in [1.54, 1.807) is 30.7 Å². The highest BCUT2D eigenvalue weighted by molar-refractivity contribution is 5.82. The molecule has 0 aliphatic carbocycles. The van der Waals surface area contributed by atoms with Gasteiger partial charge in [-0.15, -0.1) is 0 Å². The number of carbonyl (C=O) groups excluding carboxylic acids is 1. The van der Waals surface area contributed by atoms with Crippen molar-refractivity contribution < 1.29 is 9.53 Å². The number of nitrogens with one attached hydrogen (secondary N) is 1. The number of hydrogen-bond acceptors (Lipinski definition) is 4. The largest absolute Gasteiger partial charge is 0.483 e. The first kappa shape index (κ1) is 16.7. The molecule has 5 nitrogen and oxygen atoms in total. The van der Waals surface area contributed by atoms with Crippen LogP contribution < -0.4 is 10.2 Å². The molecule has 0 atom stereocenters. The smallest absolute Gasteiger partial charge is 0.277 e. The first-order chi connectivity index (χ1) is 11.1. The highest BCUT2D eigenvalue weighted by Gasteiger charge is 2.09. The number of hydrogen-bond donors (Lipinski definition) is 1. The molecule has 1 aromatic heterocycles. The third-order valence-corrected chi connectivity index (χ3v) is 3.26. The highest BCUT2D eigenvalue weighted by Crippen LogP contribution is 2.27. The van der Waals surface area contributed by atoms with Crippen LogP contribution in [0.4, 0.5) is 0 Å². The van der Waals surface area contributed by atoms with Gasteiger partial charge in [0.05, 0.1) is 6.21 Å². The van der Waals surface area contributed by atoms with Crippen molar-refractivity contribution in [3.05, 3.63) is 59.4 Å². The van der Waals surface area contributed by atoms with Crippen molar-refractivity contribution in [3.8, 4) is 5.75 Å². The van der Waals surface area contributed by atoms with Crippen LogP contribution in [0.2, 0.25) is 0 Å². The molecule has 0 aliphatic heterocycles. The number of amides is 1. The number of aryl methyl sites for hydroxylation is 1. The number of carbonyl (C=O) groups is 1. The molecule has 0 unspecified atom stereocenters. The highest BCUT2D eigenvalue weighted by atomic mass is 16.5. The van der Waals surface area contributed by atoms with Crippen molar-refractivity contribution in [2.45, 2.75) is 26.7 Å². The van der Waals surface area contributed by atoms with Crippen LogP contribution in [-0.2, 0) is 4.79 Å². The Labute approximate surface area is 136 Å². The van der Waals surface area contributed by atoms with E-state index in [9.17, 15) is 4.79 Å². The van der Waals surface area contributed by atoms with Gasteiger partial charge in [-0.1, -0.05) is 26.0 Å². The third kappa shape index (κ3) is 5.21. The summed E-state index contributed by atoms with van der Waals surface area (Å²) in [5.41, 5.74) is 5.50. The third-order valence-electron chi connectivity index (χ3n) is 3.26. The minimum Gasteiger partial charge on any atom is -0.483 e. The second-order valence-corrected chi connectivity index (χ2v) is 5.56. The maximum absolute atomic E-state index is 11.8. The molecule has 0 radical (unpaired) electrons. The predicted molar refractivity (Wildman–Crippen MR) is 90.7 cm³/mol. The zero-order valence-corrected chi connectivity index (χ0v) is 13.6. The Bertz CT molecular complexity index is 682. The van der Waals surface area contributed by atoms with Crippen LogP contribution in [0.3, 0.4) is 0 Å². The molecule has 0 fully saturated rings. The van der Waals surface area contributed by atoms with Gasteiger partial charge in [-0.2, -0.15) is 5.10 Å². The molecule has 1 aromatic carbocycles. The second kappa shape index (κ2) is 8.08. The van der Waals surface area contributed by atoms with Crippen molar-refractivity contribution in [1.82, 2.24) is 10.4 Å². The fraction of sp³-hybridized carbons (Fsp3) is 0.278. The molecule has 0 aliphatic rings. The molecule has 1 amide bonds. The number of aromatic nitrogens is 1. The molecule has 120 valence electrons. The van der Waals surface area contributed by atoms with Crippen molar-refractivity contribution in [3.63, 3.8) is 0 Å². The van der Waals surface area contributed by atoms with E-state index >= 15 is 0 Å². The van der Waals surface area contributed by atoms with E-state index in [4.69, 9.17) is 4.74 Å². The van der Waals surface area contributed by atoms with Gasteiger partial charge < -0.3 is 4.74 Å². The van der Waals surface area contributed by atoms with E-state index in [-0.39, 0.29) is 12.5 Å². The summed E-state index contributed by atoms with van der Waals surface area (Å²) < 4.78 is 5.65. The van der Waals surface area contributed by atoms with Gasteiger partial charge in [-0.25, -0.2) is 5.43 Å². The Morgan fingerprint density at radius 3 is 2.74 bits per heavy atom. The molecule has 2 aromatic rings. The Morgan fingerprint density at radius 1 is 1.30 bits per heavy atom. The summed E-state index contributed by atoms with van der Waals surface area (Å²) in [5, 5.41) is 3.90. The minimum absolute atomic E-state index is 0.0726. The van der Waals surface area contributed by atoms with E-state index < -0.39 is 0 Å². The van der Waals surface area contributed by atoms with Crippen molar-refractivity contribution in [1.29, 1.82) is 0 Å². The number of rotatable bonds is 6. The molecule has 23 heavy (non-hydrogen) atoms. The van der Waals surface area contributed by atoms with Gasteiger partial charge in [0, 0.05) is 12.4 Å². The van der Waals surface area contributed by atoms with Gasteiger partial charge in [0.1, 0.15) is 5.75 Å². The summed E-state index contributed by atoms with van der Waals surface area (Å²) in [5.74, 6) is 0.776. The summed E-state index contributed by atoms with van der Waals surface area (Å²) in [6, 6.07) is 9.63. The van der Waals surface area contributed by atoms with E-state index in [1.165, 1.54) is 0 Å². The lowest BCUT2D eigenvalue weighted by Crippen LogP contribution is -2.25. The van der Waals surface area contributed by atoms with E-state index in [1.807, 2.05) is 25.1 Å². The molecule has 2 rings (SSSR count). The van der Waals surface area contributed by atoms with Crippen LogP contribution in [-0.4, -0.2) is 23.7 Å². The fourth-order valence-corrected chi connectivity index (χ4v) is 2.05. The maximum atomic E-state index is 11.8. The van der Waals surface area contributed by atoms with E-state index in [2.05, 4.69) is 29.4 Å². The first-order valence-corrected chi connectivity index (χ1v) is 7.51. The summed E-state index contributed by atoms with van der Waals surface area (Å²) in [4.78, 5) is 15.7. The van der Waals surface area contributed by atoms with Gasteiger partial charge in [-0.05, 0) is 47.7 Å². The number of pyridine rings is 1. The van der Waals surface area contributed by atoms with E-state index in [0.29, 0.717) is 5.92 Å². The quantitative estimate of drug-likeness (QED) is 0.659. The van der Waals surface area contributed by atoms with Gasteiger partial charge in [0.25, 0.3) is 5.91 Å². The van der Waals surface area contributed by atoms with Gasteiger partial charge in [0.2, 0.25) is 0 Å². The fourth-order valence-electron chi connectivity index (χ4n) is 2.05. The van der Waals surface area contributed by atoms with E-state index in [0.717, 1.165) is 22.4 Å². The maximum Gasteiger partial charge on any atom is 0.277 e. The zero-order valence-electron chi connectivity index (χ0n) is 13.6. The van der Waals surface area contributed by atoms with Crippen molar-refractivity contribution >= 4 is 12.1 Å². The number of hydrazone groups is 1. The van der Waals surface area contributed by atoms with Crippen LogP contribution >= 0.6 is 0 Å². The lowest BCUT2D eigenvalue weighted by molar-refractivity contribution is -0.123. The van der Waals surface area contributed by atoms with Crippen LogP contribution in [0.1, 0.15) is 36.5 Å². The topological polar surface area (TPSA) is 63.6 Å². The van der Waals surface area contributed by atoms with Crippen LogP contribution in [0.25, 0.3) is 0 Å². The molecule has 0 saturated carbocycles. The van der Waals surface area contributed by atoms with Gasteiger partial charge in [0.15, 0.2) is 6.61 Å². The summed E-state index contributed by atoms with van der Waals surface area (Å²) in [7, 11) is 0. The molecular formula is C18H21N3O2. The molecular weight excluding hydrogens is 290 g/mol. The molecule has 0 bridgehead atoms. The predicted octanol–water partition coefficient (Wildman–Crippen LogP) is 3.04. The normalized spacial score (nSPS) is 11.0. The number of ether oxygens (including phenoxy) is 1. The molecule has 1 heterocycles. The Morgan fingerprint density at radius 2 is 2.04 bits per heavy atom. The summed E-state index contributed by atoms with van der Waals surface area (Å²) >= 11 is 0. The number of nitrogens with zero attached hydrogens (tertiary/aromatic N) is 2. The lowest BCUT2D eigenvalue weighted by atomic mass is 10.0. The standard InChI is InChI=1S/C18H21N3O2/c1-13(2)16-5-4-14(3)10-17(16)23-12-18(22)21-20-11-15-6-8-19-9-7-15/h4-11,13H,12H2,1-3H3,(H,21,22)/b20-11-. The van der Waals surface area contributed by atoms with Crippen molar-refractivity contribution in [2.24, 2.45) is 5.10 Å². The Kier molecular flexibility index (Phi) is 5.86. The Hall–Kier alpha value is -2.69. The van der Waals surface area contributed by atoms with Crippen molar-refractivity contribution in [2.75, 3.05) is 6.61 Å². The zero-order chi connectivity index (χ0) is 16.7. The molecule has 0 spiro atoms. The average molecular weight is 311 g/mol.